The smallest absolute Gasteiger partial charge is 0.247 e. The first-order valence-electron chi connectivity index (χ1n) is 6.17. The Morgan fingerprint density at radius 2 is 1.86 bits per heavy atom. The summed E-state index contributed by atoms with van der Waals surface area (Å²) >= 11 is 19.3. The summed E-state index contributed by atoms with van der Waals surface area (Å²) in [6, 6.07) is 5.31. The fraction of sp³-hybridized carbons (Fsp3) is 0.308. The molecule has 0 bridgehead atoms. The Balaban J connectivity index is 2.39. The summed E-state index contributed by atoms with van der Waals surface area (Å²) in [7, 11) is 3.09. The molecule has 1 aromatic carbocycles. The van der Waals surface area contributed by atoms with Gasteiger partial charge in [0.05, 0.1) is 10.0 Å². The highest BCUT2D eigenvalue weighted by Gasteiger charge is 2.23. The Labute approximate surface area is 148 Å². The van der Waals surface area contributed by atoms with Crippen LogP contribution in [0.1, 0.15) is 11.3 Å². The molecule has 0 spiro atoms. The normalized spacial score (nSPS) is 11.9. The van der Waals surface area contributed by atoms with Crippen LogP contribution in [0, 0.1) is 6.92 Å². The second kappa shape index (κ2) is 7.67. The van der Waals surface area contributed by atoms with Gasteiger partial charge in [-0.3, -0.25) is 0 Å². The van der Waals surface area contributed by atoms with Crippen molar-refractivity contribution in [1.82, 2.24) is 5.16 Å². The van der Waals surface area contributed by atoms with Crippen molar-refractivity contribution in [3.05, 3.63) is 39.6 Å². The van der Waals surface area contributed by atoms with Gasteiger partial charge in [-0.05, 0) is 30.9 Å². The number of hydrogen-bond acceptors (Lipinski definition) is 6. The SMILES string of the molecule is COP(=S)(OC)SCc1c(-c2c(Cl)cccc2Cl)noc1C. The highest BCUT2D eigenvalue weighted by Crippen LogP contribution is 2.61. The Kier molecular flexibility index (Phi) is 6.37. The molecular weight excluding hydrogens is 384 g/mol. The number of rotatable bonds is 6. The number of nitrogens with zero attached hydrogens (tertiary/aromatic N) is 1. The minimum atomic E-state index is -2.36. The molecule has 0 saturated heterocycles. The van der Waals surface area contributed by atoms with Gasteiger partial charge < -0.3 is 13.6 Å². The van der Waals surface area contributed by atoms with Gasteiger partial charge in [0.25, 0.3) is 0 Å². The van der Waals surface area contributed by atoms with E-state index in [-0.39, 0.29) is 0 Å². The van der Waals surface area contributed by atoms with Crippen molar-refractivity contribution in [2.24, 2.45) is 0 Å². The maximum absolute atomic E-state index is 6.25. The van der Waals surface area contributed by atoms with Crippen LogP contribution >= 0.6 is 40.3 Å². The number of aryl methyl sites for hydroxylation is 1. The molecule has 9 heteroatoms. The quantitative estimate of drug-likeness (QED) is 0.581. The van der Waals surface area contributed by atoms with Gasteiger partial charge in [-0.25, -0.2) is 0 Å². The molecule has 1 aromatic heterocycles. The van der Waals surface area contributed by atoms with Gasteiger partial charge in [-0.2, -0.15) is 0 Å². The van der Waals surface area contributed by atoms with Gasteiger partial charge in [0.15, 0.2) is 0 Å². The lowest BCUT2D eigenvalue weighted by Gasteiger charge is -2.16. The van der Waals surface area contributed by atoms with Gasteiger partial charge in [0, 0.05) is 31.1 Å². The first-order valence-corrected chi connectivity index (χ1v) is 11.2. The van der Waals surface area contributed by atoms with Crippen LogP contribution in [0.3, 0.4) is 0 Å². The fourth-order valence-electron chi connectivity index (χ4n) is 1.81. The zero-order valence-corrected chi connectivity index (χ0v) is 16.2. The van der Waals surface area contributed by atoms with Gasteiger partial charge in [0.1, 0.15) is 11.5 Å². The van der Waals surface area contributed by atoms with E-state index in [2.05, 4.69) is 5.16 Å². The monoisotopic (exact) mass is 397 g/mol. The van der Waals surface area contributed by atoms with Gasteiger partial charge in [0.2, 0.25) is 5.69 Å². The van der Waals surface area contributed by atoms with Crippen molar-refractivity contribution in [2.45, 2.75) is 12.7 Å². The average Bonchev–Trinajstić information content (AvgIpc) is 2.86. The highest BCUT2D eigenvalue weighted by molar-refractivity contribution is 8.67. The Hall–Kier alpha value is -0.0700. The zero-order chi connectivity index (χ0) is 16.3. The van der Waals surface area contributed by atoms with E-state index in [0.717, 1.165) is 5.56 Å². The molecule has 0 N–H and O–H groups in total. The van der Waals surface area contributed by atoms with E-state index < -0.39 is 5.69 Å². The Bertz CT molecular complexity index is 695. The highest BCUT2D eigenvalue weighted by atomic mass is 35.5. The van der Waals surface area contributed by atoms with Crippen molar-refractivity contribution in [1.29, 1.82) is 0 Å². The molecule has 4 nitrogen and oxygen atoms in total. The number of halogens is 2. The molecule has 2 aromatic rings. The third-order valence-corrected chi connectivity index (χ3v) is 9.33. The molecular formula is C13H14Cl2NO3PS2. The van der Waals surface area contributed by atoms with Crippen LogP contribution in [0.4, 0.5) is 0 Å². The lowest BCUT2D eigenvalue weighted by atomic mass is 10.1. The molecule has 0 unspecified atom stereocenters. The first-order chi connectivity index (χ1) is 10.4. The maximum atomic E-state index is 6.25. The maximum Gasteiger partial charge on any atom is 0.247 e. The largest absolute Gasteiger partial charge is 0.361 e. The fourth-order valence-corrected chi connectivity index (χ4v) is 5.34. The summed E-state index contributed by atoms with van der Waals surface area (Å²) < 4.78 is 15.9. The van der Waals surface area contributed by atoms with Crippen LogP contribution in [-0.4, -0.2) is 19.4 Å². The summed E-state index contributed by atoms with van der Waals surface area (Å²) in [6.07, 6.45) is 0. The van der Waals surface area contributed by atoms with Crippen molar-refractivity contribution in [2.75, 3.05) is 14.2 Å². The van der Waals surface area contributed by atoms with Crippen LogP contribution in [0.2, 0.25) is 10.0 Å². The van der Waals surface area contributed by atoms with Crippen LogP contribution in [0.15, 0.2) is 22.7 Å². The van der Waals surface area contributed by atoms with Crippen LogP contribution < -0.4 is 0 Å². The van der Waals surface area contributed by atoms with Crippen molar-refractivity contribution >= 4 is 52.1 Å². The summed E-state index contributed by atoms with van der Waals surface area (Å²) in [5.41, 5.74) is -0.211. The molecule has 0 aliphatic heterocycles. The lowest BCUT2D eigenvalue weighted by molar-refractivity contribution is 0.354. The van der Waals surface area contributed by atoms with E-state index in [1.54, 1.807) is 32.4 Å². The van der Waals surface area contributed by atoms with Crippen molar-refractivity contribution in [3.8, 4) is 11.3 Å². The average molecular weight is 398 g/mol. The third-order valence-electron chi connectivity index (χ3n) is 3.00. The van der Waals surface area contributed by atoms with E-state index in [1.807, 2.05) is 6.92 Å². The lowest BCUT2D eigenvalue weighted by Crippen LogP contribution is -1.91. The Morgan fingerprint density at radius 1 is 1.27 bits per heavy atom. The molecule has 2 rings (SSSR count). The second-order valence-electron chi connectivity index (χ2n) is 4.25. The van der Waals surface area contributed by atoms with Crippen LogP contribution in [0.25, 0.3) is 11.3 Å². The minimum Gasteiger partial charge on any atom is -0.361 e. The number of hydrogen-bond donors (Lipinski definition) is 0. The van der Waals surface area contributed by atoms with Crippen molar-refractivity contribution in [3.63, 3.8) is 0 Å². The van der Waals surface area contributed by atoms with E-state index in [0.29, 0.717) is 32.8 Å². The van der Waals surface area contributed by atoms with Crippen LogP contribution in [-0.2, 0) is 26.6 Å². The molecule has 0 radical (unpaired) electrons. The molecule has 120 valence electrons. The zero-order valence-electron chi connectivity index (χ0n) is 12.1. The van der Waals surface area contributed by atoms with E-state index in [1.165, 1.54) is 11.4 Å². The molecule has 0 amide bonds. The Morgan fingerprint density at radius 3 is 2.41 bits per heavy atom. The van der Waals surface area contributed by atoms with Crippen molar-refractivity contribution < 1.29 is 13.6 Å². The summed E-state index contributed by atoms with van der Waals surface area (Å²) in [4.78, 5) is 0. The standard InChI is InChI=1S/C13H14Cl2NO3PS2/c1-8-9(7-22-20(21,17-2)18-3)13(16-19-8)12-10(14)5-4-6-11(12)15/h4-6H,7H2,1-3H3. The molecule has 0 aliphatic carbocycles. The third kappa shape index (κ3) is 3.88. The van der Waals surface area contributed by atoms with E-state index >= 15 is 0 Å². The molecule has 22 heavy (non-hydrogen) atoms. The van der Waals surface area contributed by atoms with Gasteiger partial charge in [-0.1, -0.05) is 45.8 Å². The topological polar surface area (TPSA) is 44.5 Å². The predicted molar refractivity (Wildman–Crippen MR) is 96.3 cm³/mol. The summed E-state index contributed by atoms with van der Waals surface area (Å²) in [5, 5.41) is 5.14. The molecule has 0 saturated carbocycles. The van der Waals surface area contributed by atoms with Crippen LogP contribution in [0.5, 0.6) is 0 Å². The summed E-state index contributed by atoms with van der Waals surface area (Å²) in [5.74, 6) is 1.22. The second-order valence-corrected chi connectivity index (χ2v) is 11.6. The number of benzene rings is 1. The molecule has 0 aliphatic rings. The van der Waals surface area contributed by atoms with Gasteiger partial charge in [-0.15, -0.1) is 0 Å². The molecule has 1 heterocycles. The minimum absolute atomic E-state index is 0.518. The summed E-state index contributed by atoms with van der Waals surface area (Å²) in [6.45, 7) is 1.83. The van der Waals surface area contributed by atoms with Gasteiger partial charge >= 0.3 is 0 Å². The number of aromatic nitrogens is 1. The first kappa shape index (κ1) is 18.3. The molecule has 0 atom stereocenters. The van der Waals surface area contributed by atoms with E-state index in [4.69, 9.17) is 48.6 Å². The molecule has 0 fully saturated rings. The van der Waals surface area contributed by atoms with E-state index in [9.17, 15) is 0 Å². The predicted octanol–water partition coefficient (Wildman–Crippen LogP) is 5.71.